The third-order valence-corrected chi connectivity index (χ3v) is 8.41. The largest absolute Gasteiger partial charge is 0.481 e. The van der Waals surface area contributed by atoms with Crippen LogP contribution in [0.1, 0.15) is 71.3 Å². The summed E-state index contributed by atoms with van der Waals surface area (Å²) in [6.45, 7) is 6.80. The first-order valence-electron chi connectivity index (χ1n) is 10.9. The van der Waals surface area contributed by atoms with E-state index in [1.54, 1.807) is 5.57 Å². The van der Waals surface area contributed by atoms with Gasteiger partial charge in [-0.05, 0) is 73.7 Å². The molecule has 2 fully saturated rings. The van der Waals surface area contributed by atoms with E-state index in [0.717, 1.165) is 25.7 Å². The van der Waals surface area contributed by atoms with Gasteiger partial charge in [-0.2, -0.15) is 0 Å². The van der Waals surface area contributed by atoms with Crippen LogP contribution in [0, 0.1) is 28.1 Å². The normalized spacial score (nSPS) is 40.5. The number of allylic oxidation sites excluding steroid dienone is 3. The monoisotopic (exact) mass is 378 g/mol. The first-order chi connectivity index (χ1) is 13.3. The maximum absolute atomic E-state index is 12.1. The molecule has 0 bridgehead atoms. The number of hydrogen-bond acceptors (Lipinski definition) is 1. The molecule has 0 aliphatic heterocycles. The predicted octanol–water partition coefficient (Wildman–Crippen LogP) is 6.73. The van der Waals surface area contributed by atoms with Gasteiger partial charge in [-0.25, -0.2) is 0 Å². The summed E-state index contributed by atoms with van der Waals surface area (Å²) in [6.07, 6.45) is 14.6. The molecule has 2 nitrogen and oxygen atoms in total. The molecule has 0 spiro atoms. The zero-order chi connectivity index (χ0) is 20.0. The maximum Gasteiger partial charge on any atom is 0.309 e. The van der Waals surface area contributed by atoms with Crippen molar-refractivity contribution in [3.63, 3.8) is 0 Å². The molecule has 1 aromatic rings. The maximum atomic E-state index is 12.1. The molecule has 3 aliphatic carbocycles. The summed E-state index contributed by atoms with van der Waals surface area (Å²) < 4.78 is 0. The first-order valence-corrected chi connectivity index (χ1v) is 10.9. The number of carboxylic acid groups (broad SMARTS) is 1. The van der Waals surface area contributed by atoms with Gasteiger partial charge in [0.2, 0.25) is 0 Å². The standard InChI is InChI=1S/C26H34O2/c1-24(16-12-19-8-5-4-6-9-19)17-13-21-20(18-24)10-11-22-25(21,2)14-7-15-26(22,3)23(27)28/h4-6,8-10,12,16,21-22H,7,11,13-15,17-18H2,1-3H3,(H,27,28)/b16-12+/t21-,22+,24-,25+,26+/m0/s1. The van der Waals surface area contributed by atoms with Crippen LogP contribution in [0.15, 0.2) is 48.1 Å². The summed E-state index contributed by atoms with van der Waals surface area (Å²) >= 11 is 0. The third-order valence-electron chi connectivity index (χ3n) is 8.41. The Morgan fingerprint density at radius 1 is 1.11 bits per heavy atom. The lowest BCUT2D eigenvalue weighted by molar-refractivity contribution is -0.163. The highest BCUT2D eigenvalue weighted by Crippen LogP contribution is 2.63. The SMILES string of the molecule is C[C@]1(/C=C/c2ccccc2)CC[C@H]2C(=CC[C@@H]3[C@]2(C)CCC[C@@]3(C)C(=O)O)C1. The summed E-state index contributed by atoms with van der Waals surface area (Å²) in [5.74, 6) is 0.236. The minimum absolute atomic E-state index is 0.139. The van der Waals surface area contributed by atoms with Gasteiger partial charge in [-0.3, -0.25) is 4.79 Å². The van der Waals surface area contributed by atoms with Crippen molar-refractivity contribution in [1.29, 1.82) is 0 Å². The van der Waals surface area contributed by atoms with Crippen LogP contribution in [-0.2, 0) is 4.79 Å². The summed E-state index contributed by atoms with van der Waals surface area (Å²) in [5, 5.41) is 9.98. The van der Waals surface area contributed by atoms with E-state index in [4.69, 9.17) is 0 Å². The van der Waals surface area contributed by atoms with Crippen molar-refractivity contribution in [2.24, 2.45) is 28.1 Å². The van der Waals surface area contributed by atoms with Crippen molar-refractivity contribution >= 4 is 12.0 Å². The second-order valence-corrected chi connectivity index (χ2v) is 10.3. The average molecular weight is 379 g/mol. The van der Waals surface area contributed by atoms with Crippen molar-refractivity contribution < 1.29 is 9.90 Å². The topological polar surface area (TPSA) is 37.3 Å². The molecule has 1 N–H and O–H groups in total. The van der Waals surface area contributed by atoms with E-state index in [-0.39, 0.29) is 16.7 Å². The summed E-state index contributed by atoms with van der Waals surface area (Å²) in [5.41, 5.74) is 2.63. The van der Waals surface area contributed by atoms with Gasteiger partial charge in [0.25, 0.3) is 0 Å². The van der Waals surface area contributed by atoms with Gasteiger partial charge in [0, 0.05) is 0 Å². The van der Waals surface area contributed by atoms with Crippen LogP contribution in [0.2, 0.25) is 0 Å². The number of carbonyl (C=O) groups is 1. The minimum Gasteiger partial charge on any atom is -0.481 e. The highest BCUT2D eigenvalue weighted by molar-refractivity contribution is 5.75. The number of carboxylic acids is 1. The molecule has 0 heterocycles. The van der Waals surface area contributed by atoms with Crippen LogP contribution in [0.4, 0.5) is 0 Å². The highest BCUT2D eigenvalue weighted by Gasteiger charge is 2.58. The van der Waals surface area contributed by atoms with Gasteiger partial charge in [-0.15, -0.1) is 0 Å². The Bertz CT molecular complexity index is 807. The smallest absolute Gasteiger partial charge is 0.309 e. The summed E-state index contributed by atoms with van der Waals surface area (Å²) in [4.78, 5) is 12.1. The molecule has 5 atom stereocenters. The van der Waals surface area contributed by atoms with E-state index in [1.807, 2.05) is 6.92 Å². The molecule has 2 saturated carbocycles. The van der Waals surface area contributed by atoms with Crippen LogP contribution in [-0.4, -0.2) is 11.1 Å². The Kier molecular flexibility index (Phi) is 4.80. The molecular weight excluding hydrogens is 344 g/mol. The van der Waals surface area contributed by atoms with Gasteiger partial charge in [0.15, 0.2) is 0 Å². The summed E-state index contributed by atoms with van der Waals surface area (Å²) in [7, 11) is 0. The fraction of sp³-hybridized carbons (Fsp3) is 0.577. The van der Waals surface area contributed by atoms with Crippen molar-refractivity contribution in [3.05, 3.63) is 53.6 Å². The van der Waals surface area contributed by atoms with Gasteiger partial charge in [-0.1, -0.05) is 74.4 Å². The fourth-order valence-electron chi connectivity index (χ4n) is 6.69. The van der Waals surface area contributed by atoms with Gasteiger partial charge in [0.05, 0.1) is 5.41 Å². The fourth-order valence-corrected chi connectivity index (χ4v) is 6.69. The van der Waals surface area contributed by atoms with Crippen LogP contribution < -0.4 is 0 Å². The highest BCUT2D eigenvalue weighted by atomic mass is 16.4. The number of benzene rings is 1. The van der Waals surface area contributed by atoms with E-state index in [2.05, 4.69) is 62.4 Å². The molecule has 4 rings (SSSR count). The Morgan fingerprint density at radius 3 is 2.57 bits per heavy atom. The van der Waals surface area contributed by atoms with Crippen LogP contribution in [0.25, 0.3) is 6.08 Å². The van der Waals surface area contributed by atoms with Gasteiger partial charge < -0.3 is 5.11 Å². The minimum atomic E-state index is -0.591. The van der Waals surface area contributed by atoms with Crippen molar-refractivity contribution in [3.8, 4) is 0 Å². The molecule has 150 valence electrons. The molecule has 0 aromatic heterocycles. The molecule has 2 heteroatoms. The molecule has 0 radical (unpaired) electrons. The average Bonchev–Trinajstić information content (AvgIpc) is 2.67. The lowest BCUT2D eigenvalue weighted by Gasteiger charge is -2.58. The molecule has 0 unspecified atom stereocenters. The molecule has 0 saturated heterocycles. The Morgan fingerprint density at radius 2 is 1.86 bits per heavy atom. The summed E-state index contributed by atoms with van der Waals surface area (Å²) in [6, 6.07) is 10.6. The first kappa shape index (κ1) is 19.5. The zero-order valence-corrected chi connectivity index (χ0v) is 17.6. The lowest BCUT2D eigenvalue weighted by atomic mass is 9.45. The van der Waals surface area contributed by atoms with Crippen molar-refractivity contribution in [2.45, 2.75) is 65.7 Å². The van der Waals surface area contributed by atoms with Gasteiger partial charge >= 0.3 is 5.97 Å². The Hall–Kier alpha value is -1.83. The van der Waals surface area contributed by atoms with Crippen molar-refractivity contribution in [2.75, 3.05) is 0 Å². The molecule has 3 aliphatic rings. The Balaban J connectivity index is 1.59. The number of aliphatic carboxylic acids is 1. The van der Waals surface area contributed by atoms with E-state index >= 15 is 0 Å². The van der Waals surface area contributed by atoms with Crippen LogP contribution in [0.5, 0.6) is 0 Å². The van der Waals surface area contributed by atoms with E-state index in [0.29, 0.717) is 5.92 Å². The zero-order valence-electron chi connectivity index (χ0n) is 17.6. The second kappa shape index (κ2) is 6.90. The Labute approximate surface area is 169 Å². The van der Waals surface area contributed by atoms with Crippen molar-refractivity contribution in [1.82, 2.24) is 0 Å². The molecule has 0 amide bonds. The van der Waals surface area contributed by atoms with E-state index < -0.39 is 11.4 Å². The van der Waals surface area contributed by atoms with Crippen LogP contribution >= 0.6 is 0 Å². The van der Waals surface area contributed by atoms with Crippen LogP contribution in [0.3, 0.4) is 0 Å². The van der Waals surface area contributed by atoms with E-state index in [1.165, 1.54) is 24.8 Å². The predicted molar refractivity (Wildman–Crippen MR) is 115 cm³/mol. The molecular formula is C26H34O2. The quantitative estimate of drug-likeness (QED) is 0.592. The number of rotatable bonds is 3. The molecule has 28 heavy (non-hydrogen) atoms. The third kappa shape index (κ3) is 3.15. The lowest BCUT2D eigenvalue weighted by Crippen LogP contribution is -2.53. The molecule has 1 aromatic carbocycles. The second-order valence-electron chi connectivity index (χ2n) is 10.3. The number of fused-ring (bicyclic) bond motifs is 3. The van der Waals surface area contributed by atoms with Gasteiger partial charge in [0.1, 0.15) is 0 Å². The number of hydrogen-bond donors (Lipinski definition) is 1. The van der Waals surface area contributed by atoms with E-state index in [9.17, 15) is 9.90 Å².